The third-order valence-electron chi connectivity index (χ3n) is 4.91. The van der Waals surface area contributed by atoms with Crippen LogP contribution in [0.1, 0.15) is 25.5 Å². The van der Waals surface area contributed by atoms with Crippen molar-refractivity contribution in [3.8, 4) is 0 Å². The van der Waals surface area contributed by atoms with Gasteiger partial charge in [-0.1, -0.05) is 23.7 Å². The van der Waals surface area contributed by atoms with Crippen LogP contribution in [0.4, 0.5) is 0 Å². The predicted octanol–water partition coefficient (Wildman–Crippen LogP) is 1.66. The van der Waals surface area contributed by atoms with Crippen molar-refractivity contribution in [3.05, 3.63) is 34.9 Å². The van der Waals surface area contributed by atoms with E-state index in [1.807, 2.05) is 38.1 Å². The molecule has 152 valence electrons. The van der Waals surface area contributed by atoms with Gasteiger partial charge < -0.3 is 9.47 Å². The maximum absolute atomic E-state index is 12.9. The SMILES string of the molecule is CC1CN(S(=O)(=O)NCC(c2cccc(Cl)c2)N2CCOCC2)CC(C)O1. The summed E-state index contributed by atoms with van der Waals surface area (Å²) in [6.45, 7) is 7.57. The Morgan fingerprint density at radius 1 is 1.22 bits per heavy atom. The van der Waals surface area contributed by atoms with E-state index in [1.165, 1.54) is 4.31 Å². The molecule has 1 aromatic carbocycles. The largest absolute Gasteiger partial charge is 0.379 e. The summed E-state index contributed by atoms with van der Waals surface area (Å²) in [5, 5.41) is 0.643. The predicted molar refractivity (Wildman–Crippen MR) is 105 cm³/mol. The van der Waals surface area contributed by atoms with Crippen molar-refractivity contribution in [2.45, 2.75) is 32.1 Å². The first kappa shape index (κ1) is 21.0. The Morgan fingerprint density at radius 2 is 1.89 bits per heavy atom. The summed E-state index contributed by atoms with van der Waals surface area (Å²) in [6.07, 6.45) is -0.235. The number of ether oxygens (including phenoxy) is 2. The quantitative estimate of drug-likeness (QED) is 0.762. The third-order valence-corrected chi connectivity index (χ3v) is 6.65. The van der Waals surface area contributed by atoms with E-state index in [0.717, 1.165) is 18.7 Å². The zero-order chi connectivity index (χ0) is 19.4. The Morgan fingerprint density at radius 3 is 2.52 bits per heavy atom. The average Bonchev–Trinajstić information content (AvgIpc) is 2.62. The molecule has 27 heavy (non-hydrogen) atoms. The molecule has 0 saturated carbocycles. The molecule has 0 amide bonds. The van der Waals surface area contributed by atoms with Gasteiger partial charge in [-0.25, -0.2) is 4.72 Å². The molecule has 3 unspecified atom stereocenters. The van der Waals surface area contributed by atoms with Crippen LogP contribution in [0, 0.1) is 0 Å². The third kappa shape index (κ3) is 5.63. The molecule has 0 aliphatic carbocycles. The molecule has 2 aliphatic rings. The van der Waals surface area contributed by atoms with Gasteiger partial charge in [-0.2, -0.15) is 12.7 Å². The van der Waals surface area contributed by atoms with Crippen molar-refractivity contribution >= 4 is 21.8 Å². The molecule has 0 aromatic heterocycles. The molecule has 0 bridgehead atoms. The Bertz CT molecular complexity index is 717. The fraction of sp³-hybridized carbons (Fsp3) is 0.667. The topological polar surface area (TPSA) is 71.1 Å². The lowest BCUT2D eigenvalue weighted by Crippen LogP contribution is -2.53. The van der Waals surface area contributed by atoms with Gasteiger partial charge in [-0.15, -0.1) is 0 Å². The molecule has 0 radical (unpaired) electrons. The Balaban J connectivity index is 1.73. The molecule has 3 rings (SSSR count). The van der Waals surface area contributed by atoms with Crippen LogP contribution < -0.4 is 4.72 Å². The van der Waals surface area contributed by atoms with Gasteiger partial charge in [-0.3, -0.25) is 4.90 Å². The fourth-order valence-electron chi connectivity index (χ4n) is 3.66. The minimum absolute atomic E-state index is 0.0988. The van der Waals surface area contributed by atoms with Crippen molar-refractivity contribution < 1.29 is 17.9 Å². The molecule has 2 fully saturated rings. The summed E-state index contributed by atoms with van der Waals surface area (Å²) in [5.41, 5.74) is 0.996. The Kier molecular flexibility index (Phi) is 7.13. The zero-order valence-corrected chi connectivity index (χ0v) is 17.4. The zero-order valence-electron chi connectivity index (χ0n) is 15.8. The van der Waals surface area contributed by atoms with Gasteiger partial charge in [-0.05, 0) is 31.5 Å². The monoisotopic (exact) mass is 417 g/mol. The van der Waals surface area contributed by atoms with E-state index in [-0.39, 0.29) is 24.8 Å². The number of nitrogens with one attached hydrogen (secondary N) is 1. The highest BCUT2D eigenvalue weighted by Crippen LogP contribution is 2.24. The van der Waals surface area contributed by atoms with E-state index < -0.39 is 10.2 Å². The molecular weight excluding hydrogens is 390 g/mol. The highest BCUT2D eigenvalue weighted by Gasteiger charge is 2.32. The summed E-state index contributed by atoms with van der Waals surface area (Å²) < 4.78 is 41.1. The number of rotatable bonds is 6. The normalized spacial score (nSPS) is 26.8. The van der Waals surface area contributed by atoms with Crippen LogP contribution >= 0.6 is 11.6 Å². The molecule has 3 atom stereocenters. The molecule has 2 aliphatic heterocycles. The van der Waals surface area contributed by atoms with Crippen molar-refractivity contribution in [2.75, 3.05) is 45.9 Å². The van der Waals surface area contributed by atoms with Crippen molar-refractivity contribution in [1.82, 2.24) is 13.9 Å². The fourth-order valence-corrected chi connectivity index (χ4v) is 5.23. The lowest BCUT2D eigenvalue weighted by Gasteiger charge is -2.37. The number of hydrogen-bond acceptors (Lipinski definition) is 5. The number of benzene rings is 1. The summed E-state index contributed by atoms with van der Waals surface area (Å²) in [4.78, 5) is 2.24. The maximum Gasteiger partial charge on any atom is 0.279 e. The van der Waals surface area contributed by atoms with Crippen LogP contribution in [0.5, 0.6) is 0 Å². The summed E-state index contributed by atoms with van der Waals surface area (Å²) in [6, 6.07) is 7.50. The minimum atomic E-state index is -3.59. The number of halogens is 1. The highest BCUT2D eigenvalue weighted by atomic mass is 35.5. The van der Waals surface area contributed by atoms with Crippen molar-refractivity contribution in [1.29, 1.82) is 0 Å². The lowest BCUT2D eigenvalue weighted by atomic mass is 10.1. The van der Waals surface area contributed by atoms with E-state index in [9.17, 15) is 8.42 Å². The van der Waals surface area contributed by atoms with Gasteiger partial charge in [0.25, 0.3) is 10.2 Å². The number of hydrogen-bond donors (Lipinski definition) is 1. The molecule has 1 N–H and O–H groups in total. The van der Waals surface area contributed by atoms with Crippen LogP contribution in [-0.4, -0.2) is 75.8 Å². The van der Waals surface area contributed by atoms with Crippen LogP contribution in [0.15, 0.2) is 24.3 Å². The summed E-state index contributed by atoms with van der Waals surface area (Å²) >= 11 is 6.17. The van der Waals surface area contributed by atoms with Gasteiger partial charge in [0.15, 0.2) is 0 Å². The number of nitrogens with zero attached hydrogens (tertiary/aromatic N) is 2. The van der Waals surface area contributed by atoms with E-state index in [1.54, 1.807) is 0 Å². The van der Waals surface area contributed by atoms with Gasteiger partial charge in [0, 0.05) is 43.8 Å². The van der Waals surface area contributed by atoms with Crippen molar-refractivity contribution in [3.63, 3.8) is 0 Å². The number of morpholine rings is 2. The molecule has 7 nitrogen and oxygen atoms in total. The van der Waals surface area contributed by atoms with E-state index >= 15 is 0 Å². The smallest absolute Gasteiger partial charge is 0.279 e. The highest BCUT2D eigenvalue weighted by molar-refractivity contribution is 7.87. The van der Waals surface area contributed by atoms with Gasteiger partial charge in [0.2, 0.25) is 0 Å². The second-order valence-electron chi connectivity index (χ2n) is 7.15. The first-order valence-electron chi connectivity index (χ1n) is 9.32. The van der Waals surface area contributed by atoms with Crippen LogP contribution in [-0.2, 0) is 19.7 Å². The molecular formula is C18H28ClN3O4S. The minimum Gasteiger partial charge on any atom is -0.379 e. The van der Waals surface area contributed by atoms with Gasteiger partial charge in [0.1, 0.15) is 0 Å². The molecule has 2 saturated heterocycles. The van der Waals surface area contributed by atoms with Crippen LogP contribution in [0.25, 0.3) is 0 Å². The van der Waals surface area contributed by atoms with E-state index in [0.29, 0.717) is 31.3 Å². The molecule has 0 spiro atoms. The summed E-state index contributed by atoms with van der Waals surface area (Å²) in [7, 11) is -3.59. The van der Waals surface area contributed by atoms with Crippen molar-refractivity contribution in [2.24, 2.45) is 0 Å². The molecule has 2 heterocycles. The lowest BCUT2D eigenvalue weighted by molar-refractivity contribution is -0.0444. The van der Waals surface area contributed by atoms with Crippen LogP contribution in [0.3, 0.4) is 0 Å². The first-order chi connectivity index (χ1) is 12.8. The van der Waals surface area contributed by atoms with Gasteiger partial charge in [0.05, 0.1) is 25.4 Å². The molecule has 1 aromatic rings. The Hall–Kier alpha value is -0.740. The molecule has 9 heteroatoms. The van der Waals surface area contributed by atoms with E-state index in [2.05, 4.69) is 9.62 Å². The standard InChI is InChI=1S/C18H28ClN3O4S/c1-14-12-22(13-15(2)26-14)27(23,24)20-11-18(21-6-8-25-9-7-21)16-4-3-5-17(19)10-16/h3-5,10,14-15,18,20H,6-9,11-13H2,1-2H3. The summed E-state index contributed by atoms with van der Waals surface area (Å²) in [5.74, 6) is 0. The second kappa shape index (κ2) is 9.17. The average molecular weight is 418 g/mol. The second-order valence-corrected chi connectivity index (χ2v) is 9.34. The van der Waals surface area contributed by atoms with Gasteiger partial charge >= 0.3 is 0 Å². The first-order valence-corrected chi connectivity index (χ1v) is 11.1. The van der Waals surface area contributed by atoms with E-state index in [4.69, 9.17) is 21.1 Å². The Labute approximate surface area is 166 Å². The van der Waals surface area contributed by atoms with Crippen LogP contribution in [0.2, 0.25) is 5.02 Å². The maximum atomic E-state index is 12.9.